The minimum Gasteiger partial charge on any atom is -0.394 e. The number of rotatable bonds is 8. The van der Waals surface area contributed by atoms with Crippen molar-refractivity contribution in [3.05, 3.63) is 47.0 Å². The van der Waals surface area contributed by atoms with Gasteiger partial charge in [0.15, 0.2) is 0 Å². The molecule has 0 saturated heterocycles. The SMILES string of the molecule is CC(C)CC(CO)Nc1nc(Cl)nc(CC(c2ccccc2)C(F)(F)F)n1. The molecule has 0 fully saturated rings. The van der Waals surface area contributed by atoms with Gasteiger partial charge in [0.2, 0.25) is 11.2 Å². The molecule has 1 heterocycles. The number of halogens is 4. The Balaban J connectivity index is 2.25. The van der Waals surface area contributed by atoms with Crippen LogP contribution in [-0.4, -0.2) is 38.9 Å². The average Bonchev–Trinajstić information content (AvgIpc) is 2.58. The van der Waals surface area contributed by atoms with Crippen LogP contribution in [0.15, 0.2) is 30.3 Å². The molecule has 0 saturated carbocycles. The molecule has 0 aliphatic carbocycles. The van der Waals surface area contributed by atoms with Crippen molar-refractivity contribution >= 4 is 17.5 Å². The molecule has 9 heteroatoms. The number of aromatic nitrogens is 3. The molecule has 2 N–H and O–H groups in total. The maximum atomic E-state index is 13.5. The Hall–Kier alpha value is -1.93. The van der Waals surface area contributed by atoms with E-state index in [-0.39, 0.29) is 35.3 Å². The highest BCUT2D eigenvalue weighted by Gasteiger charge is 2.41. The smallest absolute Gasteiger partial charge is 0.394 e. The molecule has 0 amide bonds. The third-order valence-corrected chi connectivity index (χ3v) is 4.12. The molecule has 0 radical (unpaired) electrons. The Bertz CT molecular complexity index is 728. The van der Waals surface area contributed by atoms with Gasteiger partial charge in [0, 0.05) is 6.42 Å². The van der Waals surface area contributed by atoms with Gasteiger partial charge in [0.1, 0.15) is 5.82 Å². The number of benzene rings is 1. The summed E-state index contributed by atoms with van der Waals surface area (Å²) in [6.07, 6.45) is -4.28. The molecule has 5 nitrogen and oxygen atoms in total. The molecule has 27 heavy (non-hydrogen) atoms. The minimum atomic E-state index is -4.46. The molecular formula is C18H22ClF3N4O. The van der Waals surface area contributed by atoms with Gasteiger partial charge in [-0.2, -0.15) is 23.1 Å². The van der Waals surface area contributed by atoms with E-state index in [0.29, 0.717) is 12.3 Å². The van der Waals surface area contributed by atoms with Crippen molar-refractivity contribution < 1.29 is 18.3 Å². The lowest BCUT2D eigenvalue weighted by atomic mass is 9.95. The van der Waals surface area contributed by atoms with E-state index in [2.05, 4.69) is 20.3 Å². The van der Waals surface area contributed by atoms with Crippen molar-refractivity contribution in [1.82, 2.24) is 15.0 Å². The molecular weight excluding hydrogens is 381 g/mol. The molecule has 0 aliphatic heterocycles. The lowest BCUT2D eigenvalue weighted by molar-refractivity contribution is -0.150. The van der Waals surface area contributed by atoms with Gasteiger partial charge in [-0.3, -0.25) is 0 Å². The summed E-state index contributed by atoms with van der Waals surface area (Å²) in [4.78, 5) is 11.8. The van der Waals surface area contributed by atoms with Gasteiger partial charge in [0.25, 0.3) is 0 Å². The van der Waals surface area contributed by atoms with Crippen LogP contribution >= 0.6 is 11.6 Å². The molecule has 0 spiro atoms. The topological polar surface area (TPSA) is 70.9 Å². The first-order valence-corrected chi connectivity index (χ1v) is 8.96. The van der Waals surface area contributed by atoms with Gasteiger partial charge >= 0.3 is 6.18 Å². The van der Waals surface area contributed by atoms with Crippen molar-refractivity contribution in [1.29, 1.82) is 0 Å². The number of nitrogens with zero attached hydrogens (tertiary/aromatic N) is 3. The van der Waals surface area contributed by atoms with E-state index in [0.717, 1.165) is 0 Å². The highest BCUT2D eigenvalue weighted by molar-refractivity contribution is 6.28. The highest BCUT2D eigenvalue weighted by Crippen LogP contribution is 2.37. The van der Waals surface area contributed by atoms with Crippen LogP contribution in [-0.2, 0) is 6.42 Å². The average molecular weight is 403 g/mol. The lowest BCUT2D eigenvalue weighted by Gasteiger charge is -2.21. The van der Waals surface area contributed by atoms with Crippen molar-refractivity contribution in [2.24, 2.45) is 5.92 Å². The quantitative estimate of drug-likeness (QED) is 0.691. The Kier molecular flexibility index (Phi) is 7.38. The monoisotopic (exact) mass is 402 g/mol. The summed E-state index contributed by atoms with van der Waals surface area (Å²) < 4.78 is 40.6. The number of hydrogen-bond acceptors (Lipinski definition) is 5. The van der Waals surface area contributed by atoms with Crippen LogP contribution in [0.5, 0.6) is 0 Å². The largest absolute Gasteiger partial charge is 0.396 e. The summed E-state index contributed by atoms with van der Waals surface area (Å²) in [6.45, 7) is 3.82. The molecule has 2 atom stereocenters. The second kappa shape index (κ2) is 9.32. The zero-order valence-electron chi connectivity index (χ0n) is 15.0. The maximum Gasteiger partial charge on any atom is 0.396 e. The molecule has 2 unspecified atom stereocenters. The van der Waals surface area contributed by atoms with E-state index in [1.165, 1.54) is 12.1 Å². The summed E-state index contributed by atoms with van der Waals surface area (Å²) in [5.41, 5.74) is 0.129. The standard InChI is InChI=1S/C18H22ClF3N4O/c1-11(2)8-13(10-27)23-17-25-15(24-16(19)26-17)9-14(18(20,21)22)12-6-4-3-5-7-12/h3-7,11,13-14,27H,8-10H2,1-2H3,(H,23,24,25,26). The summed E-state index contributed by atoms with van der Waals surface area (Å²) in [7, 11) is 0. The molecule has 0 bridgehead atoms. The van der Waals surface area contributed by atoms with E-state index in [9.17, 15) is 18.3 Å². The van der Waals surface area contributed by atoms with Crippen molar-refractivity contribution in [2.45, 2.75) is 44.8 Å². The first kappa shape index (κ1) is 21.4. The van der Waals surface area contributed by atoms with Crippen molar-refractivity contribution in [3.63, 3.8) is 0 Å². The summed E-state index contributed by atoms with van der Waals surface area (Å²) in [6, 6.07) is 7.28. The maximum absolute atomic E-state index is 13.5. The predicted octanol–water partition coefficient (Wildman–Crippen LogP) is 4.23. The van der Waals surface area contributed by atoms with Gasteiger partial charge in [-0.1, -0.05) is 44.2 Å². The number of nitrogens with one attached hydrogen (secondary N) is 1. The van der Waals surface area contributed by atoms with E-state index in [1.54, 1.807) is 18.2 Å². The second-order valence-electron chi connectivity index (χ2n) is 6.71. The van der Waals surface area contributed by atoms with E-state index < -0.39 is 18.5 Å². The normalized spacial score (nSPS) is 14.2. The van der Waals surface area contributed by atoms with Crippen LogP contribution in [0, 0.1) is 5.92 Å². The molecule has 0 aliphatic rings. The Morgan fingerprint density at radius 1 is 1.11 bits per heavy atom. The second-order valence-corrected chi connectivity index (χ2v) is 7.04. The first-order chi connectivity index (χ1) is 12.7. The van der Waals surface area contributed by atoms with Gasteiger partial charge in [-0.05, 0) is 29.5 Å². The van der Waals surface area contributed by atoms with E-state index in [1.807, 2.05) is 13.8 Å². The van der Waals surface area contributed by atoms with Gasteiger partial charge in [-0.25, -0.2) is 4.98 Å². The van der Waals surface area contributed by atoms with Crippen LogP contribution in [0.25, 0.3) is 0 Å². The molecule has 148 valence electrons. The van der Waals surface area contributed by atoms with Crippen molar-refractivity contribution in [3.8, 4) is 0 Å². The Labute approximate surface area is 161 Å². The van der Waals surface area contributed by atoms with Gasteiger partial charge in [-0.15, -0.1) is 0 Å². The lowest BCUT2D eigenvalue weighted by Crippen LogP contribution is -2.28. The van der Waals surface area contributed by atoms with Gasteiger partial charge in [0.05, 0.1) is 18.6 Å². The highest BCUT2D eigenvalue weighted by atomic mass is 35.5. The number of hydrogen-bond donors (Lipinski definition) is 2. The van der Waals surface area contributed by atoms with E-state index >= 15 is 0 Å². The predicted molar refractivity (Wildman–Crippen MR) is 97.7 cm³/mol. The fraction of sp³-hybridized carbons (Fsp3) is 0.500. The number of alkyl halides is 3. The summed E-state index contributed by atoms with van der Waals surface area (Å²) >= 11 is 5.88. The number of aliphatic hydroxyl groups excluding tert-OH is 1. The first-order valence-electron chi connectivity index (χ1n) is 8.58. The van der Waals surface area contributed by atoms with Crippen LogP contribution in [0.1, 0.15) is 37.6 Å². The van der Waals surface area contributed by atoms with Crippen LogP contribution < -0.4 is 5.32 Å². The third kappa shape index (κ3) is 6.62. The number of anilines is 1. The molecule has 1 aromatic carbocycles. The van der Waals surface area contributed by atoms with E-state index in [4.69, 9.17) is 11.6 Å². The van der Waals surface area contributed by atoms with Gasteiger partial charge < -0.3 is 10.4 Å². The molecule has 2 rings (SSSR count). The summed E-state index contributed by atoms with van der Waals surface area (Å²) in [5, 5.41) is 12.2. The fourth-order valence-electron chi connectivity index (χ4n) is 2.77. The van der Waals surface area contributed by atoms with Crippen LogP contribution in [0.4, 0.5) is 19.1 Å². The molecule has 2 aromatic rings. The summed E-state index contributed by atoms with van der Waals surface area (Å²) in [5.74, 6) is -1.46. The zero-order chi connectivity index (χ0) is 20.0. The Morgan fingerprint density at radius 3 is 2.33 bits per heavy atom. The van der Waals surface area contributed by atoms with Crippen LogP contribution in [0.3, 0.4) is 0 Å². The Morgan fingerprint density at radius 2 is 1.78 bits per heavy atom. The van der Waals surface area contributed by atoms with Crippen LogP contribution in [0.2, 0.25) is 5.28 Å². The fourth-order valence-corrected chi connectivity index (χ4v) is 2.95. The molecule has 1 aromatic heterocycles. The van der Waals surface area contributed by atoms with Crippen molar-refractivity contribution in [2.75, 3.05) is 11.9 Å². The minimum absolute atomic E-state index is 0.0543. The third-order valence-electron chi connectivity index (χ3n) is 3.95. The number of aliphatic hydroxyl groups is 1. The zero-order valence-corrected chi connectivity index (χ0v) is 15.8.